The summed E-state index contributed by atoms with van der Waals surface area (Å²) < 4.78 is 3.99. The number of benzene rings is 3. The molecule has 1 heterocycles. The van der Waals surface area contributed by atoms with Crippen molar-refractivity contribution in [3.8, 4) is 5.69 Å². The Labute approximate surface area is 197 Å². The lowest BCUT2D eigenvalue weighted by molar-refractivity contribution is 0.0967. The molecule has 0 aliphatic heterocycles. The number of nitrogens with one attached hydrogen (secondary N) is 1. The molecule has 0 saturated heterocycles. The fourth-order valence-corrected chi connectivity index (χ4v) is 3.88. The van der Waals surface area contributed by atoms with Crippen LogP contribution in [0, 0.1) is 18.6 Å². The van der Waals surface area contributed by atoms with Gasteiger partial charge in [-0.05, 0) is 74.1 Å². The van der Waals surface area contributed by atoms with Crippen molar-refractivity contribution in [1.82, 2.24) is 14.3 Å². The lowest BCUT2D eigenvalue weighted by atomic mass is 10.1. The Kier molecular flexibility index (Phi) is 6.53. The monoisotopic (exact) mass is 462 g/mol. The molecule has 0 fully saturated rings. The van der Waals surface area contributed by atoms with E-state index in [0.29, 0.717) is 21.9 Å². The van der Waals surface area contributed by atoms with Crippen LogP contribution < -0.4 is 5.32 Å². The van der Waals surface area contributed by atoms with Gasteiger partial charge in [-0.3, -0.25) is 9.36 Å². The predicted molar refractivity (Wildman–Crippen MR) is 131 cm³/mol. The van der Waals surface area contributed by atoms with Gasteiger partial charge in [0.25, 0.3) is 0 Å². The van der Waals surface area contributed by atoms with E-state index >= 15 is 0 Å². The van der Waals surface area contributed by atoms with Gasteiger partial charge in [-0.15, -0.1) is 0 Å². The fourth-order valence-electron chi connectivity index (χ4n) is 3.44. The number of ketones is 1. The van der Waals surface area contributed by atoms with Crippen LogP contribution in [-0.4, -0.2) is 20.1 Å². The van der Waals surface area contributed by atoms with Crippen molar-refractivity contribution in [3.05, 3.63) is 105 Å². The number of para-hydroxylation sites is 1. The van der Waals surface area contributed by atoms with Gasteiger partial charge in [0.1, 0.15) is 6.54 Å². The second-order valence-corrected chi connectivity index (χ2v) is 8.43. The number of halogens is 1. The van der Waals surface area contributed by atoms with Crippen molar-refractivity contribution >= 4 is 35.3 Å². The molecule has 0 saturated carbocycles. The molecule has 0 unspecified atom stereocenters. The molecule has 0 aliphatic carbocycles. The van der Waals surface area contributed by atoms with Gasteiger partial charge in [0, 0.05) is 16.3 Å². The molecule has 4 aromatic rings. The second kappa shape index (κ2) is 9.51. The maximum atomic E-state index is 12.8. The number of aromatic nitrogens is 3. The van der Waals surface area contributed by atoms with Gasteiger partial charge in [-0.1, -0.05) is 47.5 Å². The zero-order valence-electron chi connectivity index (χ0n) is 17.9. The highest BCUT2D eigenvalue weighted by Gasteiger charge is 2.17. The molecule has 32 heavy (non-hydrogen) atoms. The van der Waals surface area contributed by atoms with E-state index in [4.69, 9.17) is 28.9 Å². The summed E-state index contributed by atoms with van der Waals surface area (Å²) in [6, 6.07) is 23.0. The molecule has 1 N–H and O–H groups in total. The van der Waals surface area contributed by atoms with Crippen LogP contribution in [0.3, 0.4) is 0 Å². The van der Waals surface area contributed by atoms with Gasteiger partial charge < -0.3 is 5.32 Å². The van der Waals surface area contributed by atoms with Gasteiger partial charge in [0.15, 0.2) is 11.6 Å². The summed E-state index contributed by atoms with van der Waals surface area (Å²) >= 11 is 11.7. The average molecular weight is 463 g/mol. The van der Waals surface area contributed by atoms with E-state index in [1.807, 2.05) is 47.9 Å². The Morgan fingerprint density at radius 1 is 1.00 bits per heavy atom. The molecule has 5 nitrogen and oxygen atoms in total. The lowest BCUT2D eigenvalue weighted by Crippen LogP contribution is -2.12. The number of Topliss-reactive ketones (excluding diaryl/α,β-unsaturated/α-hetero) is 1. The Morgan fingerprint density at radius 3 is 2.38 bits per heavy atom. The Morgan fingerprint density at radius 2 is 1.69 bits per heavy atom. The maximum absolute atomic E-state index is 12.8. The number of rotatable bonds is 7. The van der Waals surface area contributed by atoms with Crippen molar-refractivity contribution in [2.24, 2.45) is 0 Å². The minimum absolute atomic E-state index is 0.0525. The summed E-state index contributed by atoms with van der Waals surface area (Å²) in [5.74, 6) is 0.652. The highest BCUT2D eigenvalue weighted by molar-refractivity contribution is 7.71. The molecular weight excluding hydrogens is 440 g/mol. The first-order valence-corrected chi connectivity index (χ1v) is 11.0. The van der Waals surface area contributed by atoms with Crippen LogP contribution in [0.4, 0.5) is 5.69 Å². The van der Waals surface area contributed by atoms with Crippen LogP contribution in [0.2, 0.25) is 5.02 Å². The third kappa shape index (κ3) is 4.82. The fraction of sp³-hybridized carbons (Fsp3) is 0.160. The Hall–Kier alpha value is -3.22. The third-order valence-corrected chi connectivity index (χ3v) is 5.87. The van der Waals surface area contributed by atoms with E-state index in [0.717, 1.165) is 22.8 Å². The number of anilines is 1. The van der Waals surface area contributed by atoms with Crippen molar-refractivity contribution in [3.63, 3.8) is 0 Å². The van der Waals surface area contributed by atoms with E-state index in [9.17, 15) is 4.79 Å². The molecule has 3 aromatic carbocycles. The van der Waals surface area contributed by atoms with Crippen molar-refractivity contribution in [1.29, 1.82) is 0 Å². The lowest BCUT2D eigenvalue weighted by Gasteiger charge is -2.11. The number of hydrogen-bond donors (Lipinski definition) is 1. The molecule has 4 rings (SSSR count). The van der Waals surface area contributed by atoms with Crippen LogP contribution in [0.15, 0.2) is 72.8 Å². The molecule has 0 radical (unpaired) electrons. The van der Waals surface area contributed by atoms with Gasteiger partial charge in [-0.25, -0.2) is 4.68 Å². The van der Waals surface area contributed by atoms with Crippen molar-refractivity contribution in [2.75, 3.05) is 5.32 Å². The number of aryl methyl sites for hydroxylation is 2. The van der Waals surface area contributed by atoms with E-state index in [2.05, 4.69) is 24.4 Å². The topological polar surface area (TPSA) is 51.9 Å². The first-order chi connectivity index (χ1) is 15.4. The highest BCUT2D eigenvalue weighted by atomic mass is 35.5. The third-order valence-electron chi connectivity index (χ3n) is 5.22. The van der Waals surface area contributed by atoms with Crippen LogP contribution >= 0.6 is 23.8 Å². The second-order valence-electron chi connectivity index (χ2n) is 7.63. The summed E-state index contributed by atoms with van der Waals surface area (Å²) in [6.45, 7) is 4.60. The summed E-state index contributed by atoms with van der Waals surface area (Å²) in [7, 11) is 0. The summed E-state index contributed by atoms with van der Waals surface area (Å²) in [4.78, 5) is 12.8. The quantitative estimate of drug-likeness (QED) is 0.263. The molecule has 0 spiro atoms. The van der Waals surface area contributed by atoms with Gasteiger partial charge >= 0.3 is 0 Å². The molecule has 0 amide bonds. The predicted octanol–water partition coefficient (Wildman–Crippen LogP) is 6.17. The Bertz CT molecular complexity index is 1310. The number of hydrogen-bond acceptors (Lipinski definition) is 4. The summed E-state index contributed by atoms with van der Waals surface area (Å²) in [5, 5.41) is 8.71. The van der Waals surface area contributed by atoms with E-state index < -0.39 is 0 Å². The largest absolute Gasteiger partial charge is 0.378 e. The minimum Gasteiger partial charge on any atom is -0.378 e. The van der Waals surface area contributed by atoms with Crippen LogP contribution in [0.25, 0.3) is 5.69 Å². The SMILES string of the molecule is Cc1ccc(NCc2nn(CC(=O)c3ccc(Cl)cc3)c(=S)n2-c2ccccc2C)cc1. The molecule has 0 aliphatic rings. The van der Waals surface area contributed by atoms with Crippen molar-refractivity contribution in [2.45, 2.75) is 26.9 Å². The van der Waals surface area contributed by atoms with Crippen molar-refractivity contribution < 1.29 is 4.79 Å². The van der Waals surface area contributed by atoms with Gasteiger partial charge in [-0.2, -0.15) is 5.10 Å². The number of carbonyl (C=O) groups is 1. The molecular formula is C25H23ClN4OS. The minimum atomic E-state index is -0.0785. The molecule has 0 atom stereocenters. The molecule has 1 aromatic heterocycles. The number of nitrogens with zero attached hydrogens (tertiary/aromatic N) is 3. The molecule has 0 bridgehead atoms. The highest BCUT2D eigenvalue weighted by Crippen LogP contribution is 2.19. The Balaban J connectivity index is 1.68. The van der Waals surface area contributed by atoms with Crippen LogP contribution in [0.1, 0.15) is 27.3 Å². The van der Waals surface area contributed by atoms with E-state index in [1.165, 1.54) is 5.56 Å². The van der Waals surface area contributed by atoms with E-state index in [-0.39, 0.29) is 12.3 Å². The summed E-state index contributed by atoms with van der Waals surface area (Å²) in [5.41, 5.74) is 4.78. The normalized spacial score (nSPS) is 10.8. The average Bonchev–Trinajstić information content (AvgIpc) is 3.09. The number of carbonyl (C=O) groups excluding carboxylic acids is 1. The van der Waals surface area contributed by atoms with E-state index in [1.54, 1.807) is 28.9 Å². The maximum Gasteiger partial charge on any atom is 0.203 e. The molecule has 7 heteroatoms. The first-order valence-electron chi connectivity index (χ1n) is 10.3. The van der Waals surface area contributed by atoms with Crippen LogP contribution in [-0.2, 0) is 13.1 Å². The summed E-state index contributed by atoms with van der Waals surface area (Å²) in [6.07, 6.45) is 0. The molecule has 162 valence electrons. The van der Waals surface area contributed by atoms with Crippen LogP contribution in [0.5, 0.6) is 0 Å². The smallest absolute Gasteiger partial charge is 0.203 e. The van der Waals surface area contributed by atoms with Gasteiger partial charge in [0.05, 0.1) is 12.2 Å². The first kappa shape index (κ1) is 22.0. The zero-order chi connectivity index (χ0) is 22.7. The standard InChI is InChI=1S/C25H23ClN4OS/c1-17-7-13-21(14-8-17)27-15-24-28-29(16-23(31)19-9-11-20(26)12-10-19)25(32)30(24)22-6-4-3-5-18(22)2/h3-14,27H,15-16H2,1-2H3. The zero-order valence-corrected chi connectivity index (χ0v) is 19.5. The van der Waals surface area contributed by atoms with Gasteiger partial charge in [0.2, 0.25) is 4.77 Å².